The Kier molecular flexibility index (Phi) is 13.8. The van der Waals surface area contributed by atoms with Crippen LogP contribution in [0.15, 0.2) is 0 Å². The van der Waals surface area contributed by atoms with Crippen LogP contribution in [0.4, 0.5) is 0 Å². The Morgan fingerprint density at radius 3 is 2.12 bits per heavy atom. The summed E-state index contributed by atoms with van der Waals surface area (Å²) in [6.45, 7) is 5.43. The maximum atomic E-state index is 10.1. The van der Waals surface area contributed by atoms with E-state index in [1.807, 2.05) is 0 Å². The lowest BCUT2D eigenvalue weighted by atomic mass is 10.0. The Morgan fingerprint density at radius 2 is 1.76 bits per heavy atom. The van der Waals surface area contributed by atoms with Gasteiger partial charge in [-0.25, -0.2) is 5.11 Å². The van der Waals surface area contributed by atoms with Crippen molar-refractivity contribution in [1.29, 1.82) is 0 Å². The second-order valence-electron chi connectivity index (χ2n) is 3.64. The molecule has 2 N–H and O–H groups in total. The van der Waals surface area contributed by atoms with E-state index in [1.54, 1.807) is 0 Å². The fourth-order valence-electron chi connectivity index (χ4n) is 1.21. The third-order valence-electron chi connectivity index (χ3n) is 2.12. The molecule has 1 atom stereocenters. The van der Waals surface area contributed by atoms with E-state index in [1.165, 1.54) is 25.7 Å². The molecule has 1 radical (unpaired) electrons. The Balaban J connectivity index is 0. The molecule has 0 amide bonds. The molecule has 0 rings (SSSR count). The lowest BCUT2D eigenvalue weighted by Gasteiger charge is -2.13. The van der Waals surface area contributed by atoms with Crippen LogP contribution in [-0.4, -0.2) is 37.3 Å². The van der Waals surface area contributed by atoms with Gasteiger partial charge in [0, 0.05) is 6.61 Å². The van der Waals surface area contributed by atoms with Crippen LogP contribution in [0, 0.1) is 5.92 Å². The predicted octanol–water partition coefficient (Wildman–Crippen LogP) is 2.00. The summed E-state index contributed by atoms with van der Waals surface area (Å²) in [5, 5.41) is 10.1. The van der Waals surface area contributed by atoms with Crippen molar-refractivity contribution in [3.05, 3.63) is 0 Å². The first kappa shape index (κ1) is 19.1. The smallest absolute Gasteiger partial charge is 0.379 e. The van der Waals surface area contributed by atoms with E-state index in [9.17, 15) is 5.11 Å². The molecule has 7 heteroatoms. The van der Waals surface area contributed by atoms with Crippen molar-refractivity contribution < 1.29 is 27.4 Å². The normalized spacial score (nSPS) is 12.8. The standard InChI is InChI=1S/C10H21O2.H2O4S/c1-3-5-6-10(4-2)9-12-8-7-11;1-5(2,3)4/h10H,3-9H2,1-2H3;(H2,1,2,3,4). The lowest BCUT2D eigenvalue weighted by molar-refractivity contribution is 0.0427. The minimum absolute atomic E-state index is 0.107. The average Bonchev–Trinajstić information content (AvgIpc) is 2.21. The van der Waals surface area contributed by atoms with Crippen LogP contribution in [0.1, 0.15) is 39.5 Å². The summed E-state index contributed by atoms with van der Waals surface area (Å²) < 4.78 is 36.8. The Bertz CT molecular complexity index is 231. The summed E-state index contributed by atoms with van der Waals surface area (Å²) in [6, 6.07) is 0. The van der Waals surface area contributed by atoms with E-state index < -0.39 is 10.4 Å². The summed E-state index contributed by atoms with van der Waals surface area (Å²) in [7, 11) is -4.67. The molecule has 0 bridgehead atoms. The molecule has 0 aromatic rings. The average molecular weight is 271 g/mol. The van der Waals surface area contributed by atoms with Crippen molar-refractivity contribution in [2.75, 3.05) is 19.8 Å². The van der Waals surface area contributed by atoms with Gasteiger partial charge in [0.2, 0.25) is 0 Å². The number of hydrogen-bond acceptors (Lipinski definition) is 3. The predicted molar refractivity (Wildman–Crippen MR) is 63.9 cm³/mol. The molecular formula is C10H23O6S. The summed E-state index contributed by atoms with van der Waals surface area (Å²) in [5.41, 5.74) is 0. The van der Waals surface area contributed by atoms with Crippen LogP contribution in [0.25, 0.3) is 0 Å². The Morgan fingerprint density at radius 1 is 1.24 bits per heavy atom. The van der Waals surface area contributed by atoms with Crippen LogP contribution in [0.3, 0.4) is 0 Å². The van der Waals surface area contributed by atoms with Gasteiger partial charge in [-0.2, -0.15) is 8.42 Å². The summed E-state index contributed by atoms with van der Waals surface area (Å²) in [6.07, 6.45) is 4.93. The molecule has 0 aromatic heterocycles. The van der Waals surface area contributed by atoms with Crippen LogP contribution >= 0.6 is 0 Å². The quantitative estimate of drug-likeness (QED) is 0.519. The zero-order valence-corrected chi connectivity index (χ0v) is 11.3. The molecule has 0 spiro atoms. The van der Waals surface area contributed by atoms with Gasteiger partial charge in [-0.3, -0.25) is 9.11 Å². The molecule has 0 aliphatic heterocycles. The van der Waals surface area contributed by atoms with E-state index >= 15 is 0 Å². The van der Waals surface area contributed by atoms with E-state index in [2.05, 4.69) is 13.8 Å². The molecule has 0 fully saturated rings. The third kappa shape index (κ3) is 25.8. The molecule has 1 unspecified atom stereocenters. The van der Waals surface area contributed by atoms with Gasteiger partial charge < -0.3 is 4.74 Å². The van der Waals surface area contributed by atoms with Crippen molar-refractivity contribution >= 4 is 10.4 Å². The molecule has 17 heavy (non-hydrogen) atoms. The molecule has 105 valence electrons. The minimum Gasteiger partial charge on any atom is -0.379 e. The van der Waals surface area contributed by atoms with Crippen molar-refractivity contribution in [3.63, 3.8) is 0 Å². The van der Waals surface area contributed by atoms with E-state index in [0.29, 0.717) is 12.5 Å². The highest BCUT2D eigenvalue weighted by atomic mass is 32.3. The molecule has 6 nitrogen and oxygen atoms in total. The second kappa shape index (κ2) is 12.3. The van der Waals surface area contributed by atoms with Crippen LogP contribution < -0.4 is 0 Å². The van der Waals surface area contributed by atoms with Gasteiger partial charge in [0.1, 0.15) is 6.61 Å². The maximum absolute atomic E-state index is 10.1. The molecule has 0 saturated heterocycles. The van der Waals surface area contributed by atoms with E-state index in [0.717, 1.165) is 6.61 Å². The zero-order valence-electron chi connectivity index (χ0n) is 10.5. The van der Waals surface area contributed by atoms with Gasteiger partial charge in [0.05, 0.1) is 6.61 Å². The number of ether oxygens (including phenoxy) is 1. The molecule has 0 aliphatic carbocycles. The van der Waals surface area contributed by atoms with Crippen LogP contribution in [-0.2, 0) is 20.2 Å². The fourth-order valence-corrected chi connectivity index (χ4v) is 1.21. The first-order valence-corrected chi connectivity index (χ1v) is 7.10. The van der Waals surface area contributed by atoms with Crippen molar-refractivity contribution in [2.45, 2.75) is 39.5 Å². The van der Waals surface area contributed by atoms with Crippen molar-refractivity contribution in [2.24, 2.45) is 5.92 Å². The molecule has 0 aliphatic rings. The number of rotatable bonds is 8. The number of unbranched alkanes of at least 4 members (excludes halogenated alkanes) is 1. The minimum atomic E-state index is -4.67. The molecular weight excluding hydrogens is 248 g/mol. The van der Waals surface area contributed by atoms with Gasteiger partial charge in [0.25, 0.3) is 0 Å². The maximum Gasteiger partial charge on any atom is 0.394 e. The Labute approximate surface area is 104 Å². The van der Waals surface area contributed by atoms with Crippen LogP contribution in [0.2, 0.25) is 0 Å². The second-order valence-corrected chi connectivity index (χ2v) is 4.54. The van der Waals surface area contributed by atoms with Gasteiger partial charge in [-0.05, 0) is 12.3 Å². The van der Waals surface area contributed by atoms with Gasteiger partial charge in [-0.15, -0.1) is 0 Å². The Hall–Kier alpha value is -0.210. The fraction of sp³-hybridized carbons (Fsp3) is 1.00. The highest BCUT2D eigenvalue weighted by Gasteiger charge is 2.04. The largest absolute Gasteiger partial charge is 0.394 e. The third-order valence-corrected chi connectivity index (χ3v) is 2.12. The lowest BCUT2D eigenvalue weighted by Crippen LogP contribution is -2.10. The highest BCUT2D eigenvalue weighted by Crippen LogP contribution is 2.12. The first-order chi connectivity index (χ1) is 7.85. The van der Waals surface area contributed by atoms with E-state index in [4.69, 9.17) is 22.3 Å². The number of hydrogen-bond donors (Lipinski definition) is 2. The van der Waals surface area contributed by atoms with Crippen LogP contribution in [0.5, 0.6) is 0 Å². The zero-order chi connectivity index (χ0) is 13.7. The van der Waals surface area contributed by atoms with Gasteiger partial charge >= 0.3 is 10.4 Å². The van der Waals surface area contributed by atoms with E-state index in [-0.39, 0.29) is 6.61 Å². The first-order valence-electron chi connectivity index (χ1n) is 5.70. The summed E-state index contributed by atoms with van der Waals surface area (Å²) in [4.78, 5) is 0. The summed E-state index contributed by atoms with van der Waals surface area (Å²) in [5.74, 6) is 0.663. The molecule has 0 saturated carbocycles. The topological polar surface area (TPSA) is 104 Å². The monoisotopic (exact) mass is 271 g/mol. The van der Waals surface area contributed by atoms with Gasteiger partial charge in [-0.1, -0.05) is 33.1 Å². The molecule has 0 heterocycles. The molecule has 0 aromatic carbocycles. The highest BCUT2D eigenvalue weighted by molar-refractivity contribution is 7.79. The van der Waals surface area contributed by atoms with Crippen molar-refractivity contribution in [1.82, 2.24) is 0 Å². The summed E-state index contributed by atoms with van der Waals surface area (Å²) >= 11 is 0. The van der Waals surface area contributed by atoms with Crippen molar-refractivity contribution in [3.8, 4) is 0 Å². The van der Waals surface area contributed by atoms with Gasteiger partial charge in [0.15, 0.2) is 0 Å². The SMILES string of the molecule is CCCCC(CC)COCC[O].O=S(=O)(O)O.